The highest BCUT2D eigenvalue weighted by molar-refractivity contribution is 5.95. The summed E-state index contributed by atoms with van der Waals surface area (Å²) in [7, 11) is 0. The van der Waals surface area contributed by atoms with E-state index in [2.05, 4.69) is 11.8 Å². The van der Waals surface area contributed by atoms with Crippen LogP contribution in [0, 0.1) is 5.92 Å². The Kier molecular flexibility index (Phi) is 4.87. The molecule has 0 saturated heterocycles. The van der Waals surface area contributed by atoms with Crippen LogP contribution in [0.25, 0.3) is 0 Å². The van der Waals surface area contributed by atoms with Gasteiger partial charge in [0.15, 0.2) is 11.5 Å². The SMILES string of the molecule is CCC1CCC(N(C(=O)c2ccc3c(c2)OCCCO3)C2CC2)CC1. The molecular weight excluding hydrogens is 314 g/mol. The van der Waals surface area contributed by atoms with Crippen molar-refractivity contribution in [2.24, 2.45) is 5.92 Å². The van der Waals surface area contributed by atoms with Crippen molar-refractivity contribution in [2.75, 3.05) is 13.2 Å². The first-order valence-corrected chi connectivity index (χ1v) is 9.98. The third kappa shape index (κ3) is 3.63. The number of benzene rings is 1. The molecule has 0 spiro atoms. The first-order chi connectivity index (χ1) is 12.3. The van der Waals surface area contributed by atoms with Crippen molar-refractivity contribution in [3.05, 3.63) is 23.8 Å². The largest absolute Gasteiger partial charge is 0.490 e. The predicted octanol–water partition coefficient (Wildman–Crippen LogP) is 4.42. The van der Waals surface area contributed by atoms with Crippen LogP contribution in [-0.2, 0) is 0 Å². The van der Waals surface area contributed by atoms with Crippen molar-refractivity contribution in [2.45, 2.75) is 70.4 Å². The fourth-order valence-electron chi connectivity index (χ4n) is 4.26. The van der Waals surface area contributed by atoms with E-state index in [1.165, 1.54) is 19.3 Å². The van der Waals surface area contributed by atoms with Gasteiger partial charge >= 0.3 is 0 Å². The van der Waals surface area contributed by atoms with Crippen LogP contribution < -0.4 is 9.47 Å². The molecule has 0 atom stereocenters. The van der Waals surface area contributed by atoms with Crippen LogP contribution in [-0.4, -0.2) is 36.1 Å². The molecule has 2 fully saturated rings. The Labute approximate surface area is 150 Å². The van der Waals surface area contributed by atoms with Gasteiger partial charge in [0, 0.05) is 24.1 Å². The minimum absolute atomic E-state index is 0.179. The lowest BCUT2D eigenvalue weighted by molar-refractivity contribution is 0.0586. The number of amides is 1. The van der Waals surface area contributed by atoms with Crippen LogP contribution >= 0.6 is 0 Å². The van der Waals surface area contributed by atoms with Gasteiger partial charge in [-0.1, -0.05) is 13.3 Å². The van der Waals surface area contributed by atoms with Crippen LogP contribution in [0.15, 0.2) is 18.2 Å². The summed E-state index contributed by atoms with van der Waals surface area (Å²) < 4.78 is 11.5. The molecule has 3 aliphatic rings. The van der Waals surface area contributed by atoms with Crippen molar-refractivity contribution in [1.82, 2.24) is 4.90 Å². The summed E-state index contributed by atoms with van der Waals surface area (Å²) in [6, 6.07) is 6.55. The van der Waals surface area contributed by atoms with Crippen LogP contribution in [0.4, 0.5) is 0 Å². The van der Waals surface area contributed by atoms with Gasteiger partial charge in [-0.2, -0.15) is 0 Å². The van der Waals surface area contributed by atoms with Gasteiger partial charge < -0.3 is 14.4 Å². The molecule has 4 nitrogen and oxygen atoms in total. The Morgan fingerprint density at radius 2 is 1.64 bits per heavy atom. The first-order valence-electron chi connectivity index (χ1n) is 9.98. The fraction of sp³-hybridized carbons (Fsp3) is 0.667. The average molecular weight is 343 g/mol. The summed E-state index contributed by atoms with van der Waals surface area (Å²) in [4.78, 5) is 15.5. The Hall–Kier alpha value is -1.71. The molecule has 136 valence electrons. The normalized spacial score (nSPS) is 26.0. The standard InChI is InChI=1S/C21H29NO3/c1-2-15-4-7-17(8-5-15)22(18-9-10-18)21(23)16-6-11-19-20(14-16)25-13-3-12-24-19/h6,11,14-15,17-18H,2-5,7-10,12-13H2,1H3. The summed E-state index contributed by atoms with van der Waals surface area (Å²) in [5, 5.41) is 0. The van der Waals surface area contributed by atoms with Gasteiger partial charge in [-0.3, -0.25) is 4.79 Å². The number of hydrogen-bond acceptors (Lipinski definition) is 3. The average Bonchev–Trinajstić information content (AvgIpc) is 3.49. The van der Waals surface area contributed by atoms with Gasteiger partial charge in [-0.25, -0.2) is 0 Å². The van der Waals surface area contributed by atoms with Gasteiger partial charge in [-0.15, -0.1) is 0 Å². The van der Waals surface area contributed by atoms with Crippen LogP contribution in [0.2, 0.25) is 0 Å². The number of carbonyl (C=O) groups excluding carboxylic acids is 1. The summed E-state index contributed by atoms with van der Waals surface area (Å²) in [6.07, 6.45) is 9.31. The monoisotopic (exact) mass is 343 g/mol. The van der Waals surface area contributed by atoms with Crippen molar-refractivity contribution < 1.29 is 14.3 Å². The van der Waals surface area contributed by atoms with Crippen LogP contribution in [0.5, 0.6) is 11.5 Å². The molecule has 1 heterocycles. The van der Waals surface area contributed by atoms with E-state index in [0.29, 0.717) is 31.0 Å². The molecule has 0 N–H and O–H groups in total. The van der Waals surface area contributed by atoms with Gasteiger partial charge in [0.05, 0.1) is 13.2 Å². The highest BCUT2D eigenvalue weighted by Gasteiger charge is 2.39. The molecule has 1 aromatic carbocycles. The molecule has 4 rings (SSSR count). The molecular formula is C21H29NO3. The number of hydrogen-bond donors (Lipinski definition) is 0. The van der Waals surface area contributed by atoms with Gasteiger partial charge in [-0.05, 0) is 62.6 Å². The summed E-state index contributed by atoms with van der Waals surface area (Å²) in [5.41, 5.74) is 0.744. The highest BCUT2D eigenvalue weighted by atomic mass is 16.5. The summed E-state index contributed by atoms with van der Waals surface area (Å²) in [5.74, 6) is 2.51. The number of nitrogens with zero attached hydrogens (tertiary/aromatic N) is 1. The van der Waals surface area contributed by atoms with Crippen molar-refractivity contribution in [3.63, 3.8) is 0 Å². The number of ether oxygens (including phenoxy) is 2. The molecule has 2 aliphatic carbocycles. The predicted molar refractivity (Wildman–Crippen MR) is 97.3 cm³/mol. The topological polar surface area (TPSA) is 38.8 Å². The lowest BCUT2D eigenvalue weighted by Crippen LogP contribution is -2.43. The summed E-state index contributed by atoms with van der Waals surface area (Å²) >= 11 is 0. The highest BCUT2D eigenvalue weighted by Crippen LogP contribution is 2.38. The number of fused-ring (bicyclic) bond motifs is 1. The van der Waals surface area contributed by atoms with Gasteiger partial charge in [0.1, 0.15) is 0 Å². The van der Waals surface area contributed by atoms with Crippen LogP contribution in [0.3, 0.4) is 0 Å². The van der Waals surface area contributed by atoms with Crippen molar-refractivity contribution in [3.8, 4) is 11.5 Å². The van der Waals surface area contributed by atoms with Crippen molar-refractivity contribution in [1.29, 1.82) is 0 Å². The quantitative estimate of drug-likeness (QED) is 0.812. The van der Waals surface area contributed by atoms with E-state index in [-0.39, 0.29) is 5.91 Å². The molecule has 0 aromatic heterocycles. The van der Waals surface area contributed by atoms with E-state index < -0.39 is 0 Å². The Morgan fingerprint density at radius 1 is 1.00 bits per heavy atom. The van der Waals surface area contributed by atoms with E-state index in [4.69, 9.17) is 9.47 Å². The Bertz CT molecular complexity index is 618. The molecule has 2 saturated carbocycles. The van der Waals surface area contributed by atoms with Gasteiger partial charge in [0.25, 0.3) is 5.91 Å². The van der Waals surface area contributed by atoms with Crippen molar-refractivity contribution >= 4 is 5.91 Å². The lowest BCUT2D eigenvalue weighted by atomic mass is 9.83. The van der Waals surface area contributed by atoms with Crippen LogP contribution in [0.1, 0.15) is 68.6 Å². The summed E-state index contributed by atoms with van der Waals surface area (Å²) in [6.45, 7) is 3.61. The zero-order valence-corrected chi connectivity index (χ0v) is 15.2. The zero-order chi connectivity index (χ0) is 17.2. The maximum Gasteiger partial charge on any atom is 0.254 e. The number of rotatable bonds is 4. The second-order valence-electron chi connectivity index (χ2n) is 7.74. The molecule has 0 unspecified atom stereocenters. The minimum Gasteiger partial charge on any atom is -0.490 e. The van der Waals surface area contributed by atoms with E-state index >= 15 is 0 Å². The van der Waals surface area contributed by atoms with Gasteiger partial charge in [0.2, 0.25) is 0 Å². The smallest absolute Gasteiger partial charge is 0.254 e. The first kappa shape index (κ1) is 16.7. The molecule has 0 bridgehead atoms. The maximum absolute atomic E-state index is 13.3. The molecule has 4 heteroatoms. The molecule has 1 aliphatic heterocycles. The Balaban J connectivity index is 1.52. The third-order valence-corrected chi connectivity index (χ3v) is 5.96. The maximum atomic E-state index is 13.3. The van der Waals surface area contributed by atoms with E-state index in [1.807, 2.05) is 18.2 Å². The molecule has 0 radical (unpaired) electrons. The van der Waals surface area contributed by atoms with E-state index in [0.717, 1.165) is 49.3 Å². The lowest BCUT2D eigenvalue weighted by Gasteiger charge is -2.37. The molecule has 1 aromatic rings. The number of carbonyl (C=O) groups is 1. The van der Waals surface area contributed by atoms with E-state index in [1.54, 1.807) is 0 Å². The fourth-order valence-corrected chi connectivity index (χ4v) is 4.26. The second kappa shape index (κ2) is 7.27. The Morgan fingerprint density at radius 3 is 2.28 bits per heavy atom. The zero-order valence-electron chi connectivity index (χ0n) is 15.2. The third-order valence-electron chi connectivity index (χ3n) is 5.96. The minimum atomic E-state index is 0.179. The van der Waals surface area contributed by atoms with E-state index in [9.17, 15) is 4.79 Å². The molecule has 25 heavy (non-hydrogen) atoms. The molecule has 1 amide bonds. The second-order valence-corrected chi connectivity index (χ2v) is 7.74.